The molecule has 0 amide bonds. The van der Waals surface area contributed by atoms with Gasteiger partial charge in [0.1, 0.15) is 11.3 Å². The van der Waals surface area contributed by atoms with Crippen LogP contribution in [0.1, 0.15) is 50.3 Å². The Morgan fingerprint density at radius 2 is 1.97 bits per heavy atom. The van der Waals surface area contributed by atoms with Crippen molar-refractivity contribution >= 4 is 17.1 Å². The first-order chi connectivity index (χ1) is 14.2. The van der Waals surface area contributed by atoms with Gasteiger partial charge in [0.25, 0.3) is 5.56 Å². The highest BCUT2D eigenvalue weighted by Crippen LogP contribution is 2.37. The Labute approximate surface area is 174 Å². The number of aromatic nitrogens is 3. The summed E-state index contributed by atoms with van der Waals surface area (Å²) in [6, 6.07) is 11.4. The van der Waals surface area contributed by atoms with Crippen LogP contribution in [0.25, 0.3) is 11.2 Å². The van der Waals surface area contributed by atoms with Crippen LogP contribution in [-0.2, 0) is 9.47 Å². The van der Waals surface area contributed by atoms with E-state index in [4.69, 9.17) is 26.2 Å². The zero-order chi connectivity index (χ0) is 19.8. The number of para-hydroxylation sites is 1. The lowest BCUT2D eigenvalue weighted by Crippen LogP contribution is -2.28. The van der Waals surface area contributed by atoms with Crippen molar-refractivity contribution in [1.82, 2.24) is 14.2 Å². The summed E-state index contributed by atoms with van der Waals surface area (Å²) in [6.07, 6.45) is 7.71. The van der Waals surface area contributed by atoms with Crippen LogP contribution in [0, 0.1) is 0 Å². The Hall–Kier alpha value is -2.15. The van der Waals surface area contributed by atoms with Crippen molar-refractivity contribution in [3.8, 4) is 5.69 Å². The van der Waals surface area contributed by atoms with Gasteiger partial charge in [-0.1, -0.05) is 29.8 Å². The Bertz CT molecular complexity index is 1060. The van der Waals surface area contributed by atoms with Gasteiger partial charge in [-0.15, -0.1) is 0 Å². The Morgan fingerprint density at radius 3 is 2.76 bits per heavy atom. The molecular weight excluding hydrogens is 390 g/mol. The van der Waals surface area contributed by atoms with Crippen LogP contribution in [0.4, 0.5) is 0 Å². The van der Waals surface area contributed by atoms with Crippen molar-refractivity contribution in [2.45, 2.75) is 56.8 Å². The standard InChI is InChI=1S/C22H24ClN3O3/c23-18-11-12-25-20(18)22(27)26(16-6-2-1-3-7-16)21(24-25)15-9-10-17(14-15)29-19-8-4-5-13-28-19/h1-3,6-7,11-12,15,17,19H,4-5,8-10,13-14H2/t15-,17-,19?/m0/s1. The quantitative estimate of drug-likeness (QED) is 0.639. The van der Waals surface area contributed by atoms with Gasteiger partial charge in [-0.25, -0.2) is 4.52 Å². The van der Waals surface area contributed by atoms with Crippen molar-refractivity contribution < 1.29 is 9.47 Å². The molecule has 0 radical (unpaired) electrons. The van der Waals surface area contributed by atoms with Gasteiger partial charge in [0, 0.05) is 18.7 Å². The predicted molar refractivity (Wildman–Crippen MR) is 111 cm³/mol. The maximum atomic E-state index is 13.4. The van der Waals surface area contributed by atoms with Gasteiger partial charge in [-0.3, -0.25) is 9.36 Å². The molecule has 5 rings (SSSR count). The molecule has 0 N–H and O–H groups in total. The molecule has 0 bridgehead atoms. The molecule has 3 heterocycles. The highest BCUT2D eigenvalue weighted by atomic mass is 35.5. The molecule has 152 valence electrons. The van der Waals surface area contributed by atoms with Crippen LogP contribution < -0.4 is 5.56 Å². The summed E-state index contributed by atoms with van der Waals surface area (Å²) < 4.78 is 15.3. The Morgan fingerprint density at radius 1 is 1.10 bits per heavy atom. The molecule has 0 spiro atoms. The third-order valence-corrected chi connectivity index (χ3v) is 6.21. The topological polar surface area (TPSA) is 57.8 Å². The molecule has 1 saturated carbocycles. The summed E-state index contributed by atoms with van der Waals surface area (Å²) in [6.45, 7) is 0.779. The third-order valence-electron chi connectivity index (χ3n) is 5.91. The van der Waals surface area contributed by atoms with Crippen LogP contribution in [-0.4, -0.2) is 33.2 Å². The number of ether oxygens (including phenoxy) is 2. The first kappa shape index (κ1) is 18.9. The van der Waals surface area contributed by atoms with Crippen LogP contribution in [0.3, 0.4) is 0 Å². The number of hydrogen-bond donors (Lipinski definition) is 0. The van der Waals surface area contributed by atoms with Gasteiger partial charge in [-0.05, 0) is 56.7 Å². The van der Waals surface area contributed by atoms with E-state index in [2.05, 4.69) is 0 Å². The number of hydrogen-bond acceptors (Lipinski definition) is 4. The second kappa shape index (κ2) is 7.94. The van der Waals surface area contributed by atoms with Crippen LogP contribution in [0.2, 0.25) is 5.02 Å². The highest BCUT2D eigenvalue weighted by molar-refractivity contribution is 6.33. The summed E-state index contributed by atoms with van der Waals surface area (Å²) in [7, 11) is 0. The maximum absolute atomic E-state index is 13.4. The van der Waals surface area contributed by atoms with Crippen molar-refractivity contribution in [2.24, 2.45) is 0 Å². The molecule has 1 aliphatic heterocycles. The zero-order valence-corrected chi connectivity index (χ0v) is 16.9. The molecule has 2 aliphatic rings. The SMILES string of the molecule is O=c1c2c(Cl)ccn2nc([C@H]2CC[C@H](OC3CCCCO3)C2)n1-c1ccccc1. The zero-order valence-electron chi connectivity index (χ0n) is 16.2. The normalized spacial score (nSPS) is 24.9. The van der Waals surface area contributed by atoms with E-state index in [1.807, 2.05) is 30.3 Å². The molecular formula is C22H24ClN3O3. The summed E-state index contributed by atoms with van der Waals surface area (Å²) in [5.41, 5.74) is 1.07. The largest absolute Gasteiger partial charge is 0.353 e. The minimum atomic E-state index is -0.142. The van der Waals surface area contributed by atoms with Gasteiger partial charge >= 0.3 is 0 Å². The van der Waals surface area contributed by atoms with E-state index < -0.39 is 0 Å². The fourth-order valence-electron chi connectivity index (χ4n) is 4.47. The van der Waals surface area contributed by atoms with E-state index >= 15 is 0 Å². The van der Waals surface area contributed by atoms with E-state index in [-0.39, 0.29) is 23.9 Å². The number of fused-ring (bicyclic) bond motifs is 1. The minimum Gasteiger partial charge on any atom is -0.353 e. The van der Waals surface area contributed by atoms with Gasteiger partial charge in [-0.2, -0.15) is 5.10 Å². The average Bonchev–Trinajstić information content (AvgIpc) is 3.36. The molecule has 2 fully saturated rings. The second-order valence-corrected chi connectivity index (χ2v) is 8.26. The highest BCUT2D eigenvalue weighted by Gasteiger charge is 2.33. The van der Waals surface area contributed by atoms with E-state index in [0.717, 1.165) is 56.6 Å². The molecule has 3 aromatic rings. The van der Waals surface area contributed by atoms with Crippen molar-refractivity contribution in [2.75, 3.05) is 6.61 Å². The second-order valence-electron chi connectivity index (χ2n) is 7.86. The van der Waals surface area contributed by atoms with Crippen LogP contribution in [0.15, 0.2) is 47.4 Å². The van der Waals surface area contributed by atoms with Crippen LogP contribution in [0.5, 0.6) is 0 Å². The fraction of sp³-hybridized carbons (Fsp3) is 0.455. The summed E-state index contributed by atoms with van der Waals surface area (Å²) >= 11 is 6.27. The van der Waals surface area contributed by atoms with Crippen molar-refractivity contribution in [3.63, 3.8) is 0 Å². The molecule has 1 aromatic carbocycles. The lowest BCUT2D eigenvalue weighted by Gasteiger charge is -2.26. The molecule has 29 heavy (non-hydrogen) atoms. The number of rotatable bonds is 4. The molecule has 3 atom stereocenters. The van der Waals surface area contributed by atoms with Gasteiger partial charge in [0.2, 0.25) is 0 Å². The molecule has 6 nitrogen and oxygen atoms in total. The Balaban J connectivity index is 1.50. The van der Waals surface area contributed by atoms with Gasteiger partial charge in [0.15, 0.2) is 6.29 Å². The van der Waals surface area contributed by atoms with E-state index in [0.29, 0.717) is 10.5 Å². The smallest absolute Gasteiger partial charge is 0.284 e. The maximum Gasteiger partial charge on any atom is 0.284 e. The first-order valence-corrected chi connectivity index (χ1v) is 10.7. The molecule has 1 saturated heterocycles. The molecule has 2 aromatic heterocycles. The van der Waals surface area contributed by atoms with Gasteiger partial charge in [0.05, 0.1) is 16.8 Å². The molecule has 7 heteroatoms. The van der Waals surface area contributed by atoms with E-state index in [1.165, 1.54) is 0 Å². The average molecular weight is 414 g/mol. The molecule has 1 unspecified atom stereocenters. The third kappa shape index (κ3) is 3.61. The summed E-state index contributed by atoms with van der Waals surface area (Å²) in [4.78, 5) is 13.4. The van der Waals surface area contributed by atoms with Crippen molar-refractivity contribution in [3.05, 3.63) is 63.8 Å². The Kier molecular flexibility index (Phi) is 5.16. The van der Waals surface area contributed by atoms with E-state index in [9.17, 15) is 4.79 Å². The first-order valence-electron chi connectivity index (χ1n) is 10.3. The van der Waals surface area contributed by atoms with Gasteiger partial charge < -0.3 is 9.47 Å². The monoisotopic (exact) mass is 413 g/mol. The van der Waals surface area contributed by atoms with Crippen LogP contribution >= 0.6 is 11.6 Å². The minimum absolute atomic E-state index is 0.0949. The van der Waals surface area contributed by atoms with E-state index in [1.54, 1.807) is 21.3 Å². The number of benzene rings is 1. The fourth-order valence-corrected chi connectivity index (χ4v) is 4.69. The number of halogens is 1. The van der Waals surface area contributed by atoms with Crippen molar-refractivity contribution in [1.29, 1.82) is 0 Å². The predicted octanol–water partition coefficient (Wildman–Crippen LogP) is 4.32. The lowest BCUT2D eigenvalue weighted by atomic mass is 10.1. The summed E-state index contributed by atoms with van der Waals surface area (Å²) in [5, 5.41) is 5.22. The lowest BCUT2D eigenvalue weighted by molar-refractivity contribution is -0.186. The summed E-state index contributed by atoms with van der Waals surface area (Å²) in [5.74, 6) is 0.902. The molecule has 1 aliphatic carbocycles. The number of nitrogens with zero attached hydrogens (tertiary/aromatic N) is 3.